The van der Waals surface area contributed by atoms with Gasteiger partial charge in [0.2, 0.25) is 10.0 Å². The maximum atomic E-state index is 13.1. The highest BCUT2D eigenvalue weighted by atomic mass is 32.2. The van der Waals surface area contributed by atoms with Crippen LogP contribution in [0, 0.1) is 0 Å². The van der Waals surface area contributed by atoms with Crippen molar-refractivity contribution >= 4 is 15.9 Å². The van der Waals surface area contributed by atoms with Gasteiger partial charge in [-0.1, -0.05) is 30.3 Å². The molecule has 1 atom stereocenters. The number of nitrogens with zero attached hydrogens (tertiary/aromatic N) is 2. The second-order valence-corrected chi connectivity index (χ2v) is 9.25. The van der Waals surface area contributed by atoms with Crippen LogP contribution in [-0.4, -0.2) is 43.7 Å². The Labute approximate surface area is 160 Å². The third kappa shape index (κ3) is 3.28. The first kappa shape index (κ1) is 18.2. The van der Waals surface area contributed by atoms with E-state index in [1.165, 1.54) is 21.5 Å². The molecule has 27 heavy (non-hydrogen) atoms. The molecule has 2 aromatic carbocycles. The van der Waals surface area contributed by atoms with Gasteiger partial charge >= 0.3 is 0 Å². The Morgan fingerprint density at radius 1 is 1.07 bits per heavy atom. The Bertz CT molecular complexity index is 965. The van der Waals surface area contributed by atoms with Gasteiger partial charge < -0.3 is 4.90 Å². The van der Waals surface area contributed by atoms with Crippen molar-refractivity contribution in [2.75, 3.05) is 20.1 Å². The van der Waals surface area contributed by atoms with Gasteiger partial charge in [0, 0.05) is 25.7 Å². The fraction of sp³-hybridized carbons (Fsp3) is 0.381. The van der Waals surface area contributed by atoms with E-state index in [4.69, 9.17) is 0 Å². The summed E-state index contributed by atoms with van der Waals surface area (Å²) in [5, 5.41) is 0. The minimum Gasteiger partial charge on any atom is -0.335 e. The first-order valence-electron chi connectivity index (χ1n) is 9.43. The number of fused-ring (bicyclic) bond motifs is 1. The SMILES string of the molecule is CN(C(=O)c1cccc(S(=O)(=O)N2CCCC2)c1)[C@@H]1CCc2ccccc21. The Kier molecular flexibility index (Phi) is 4.78. The van der Waals surface area contributed by atoms with Gasteiger partial charge in [-0.05, 0) is 55.0 Å². The summed E-state index contributed by atoms with van der Waals surface area (Å²) in [5.41, 5.74) is 2.89. The van der Waals surface area contributed by atoms with E-state index < -0.39 is 10.0 Å². The molecular weight excluding hydrogens is 360 g/mol. The zero-order chi connectivity index (χ0) is 19.0. The van der Waals surface area contributed by atoms with Gasteiger partial charge in [-0.25, -0.2) is 8.42 Å². The standard InChI is InChI=1S/C21H24N2O3S/c1-22(20-12-11-16-7-2-3-10-19(16)20)21(24)17-8-6-9-18(15-17)27(25,26)23-13-4-5-14-23/h2-3,6-10,15,20H,4-5,11-14H2,1H3/t20-/m1/s1. The van der Waals surface area contributed by atoms with Crippen LogP contribution in [0.4, 0.5) is 0 Å². The fourth-order valence-corrected chi connectivity index (χ4v) is 5.71. The molecule has 2 aliphatic rings. The first-order valence-corrected chi connectivity index (χ1v) is 10.9. The van der Waals surface area contributed by atoms with E-state index in [-0.39, 0.29) is 16.8 Å². The molecule has 142 valence electrons. The quantitative estimate of drug-likeness (QED) is 0.813. The molecule has 1 aliphatic heterocycles. The number of sulfonamides is 1. The number of hydrogen-bond donors (Lipinski definition) is 0. The van der Waals surface area contributed by atoms with Crippen LogP contribution in [0.2, 0.25) is 0 Å². The van der Waals surface area contributed by atoms with E-state index in [2.05, 4.69) is 12.1 Å². The summed E-state index contributed by atoms with van der Waals surface area (Å²) in [6.45, 7) is 1.11. The summed E-state index contributed by atoms with van der Waals surface area (Å²) in [6, 6.07) is 14.7. The third-order valence-corrected chi connectivity index (χ3v) is 7.57. The molecule has 0 aromatic heterocycles. The summed E-state index contributed by atoms with van der Waals surface area (Å²) >= 11 is 0. The lowest BCUT2D eigenvalue weighted by atomic mass is 10.1. The minimum absolute atomic E-state index is 0.0348. The highest BCUT2D eigenvalue weighted by Gasteiger charge is 2.31. The van der Waals surface area contributed by atoms with Gasteiger partial charge in [0.05, 0.1) is 10.9 Å². The van der Waals surface area contributed by atoms with Crippen LogP contribution in [0.5, 0.6) is 0 Å². The average molecular weight is 385 g/mol. The van der Waals surface area contributed by atoms with Crippen molar-refractivity contribution < 1.29 is 13.2 Å². The molecule has 0 saturated carbocycles. The van der Waals surface area contributed by atoms with Crippen molar-refractivity contribution in [1.29, 1.82) is 0 Å². The molecule has 0 spiro atoms. The Morgan fingerprint density at radius 2 is 1.81 bits per heavy atom. The van der Waals surface area contributed by atoms with Gasteiger partial charge in [0.1, 0.15) is 0 Å². The molecule has 0 radical (unpaired) electrons. The monoisotopic (exact) mass is 384 g/mol. The molecule has 1 saturated heterocycles. The molecule has 0 N–H and O–H groups in total. The summed E-state index contributed by atoms with van der Waals surface area (Å²) in [4.78, 5) is 15.0. The van der Waals surface area contributed by atoms with Gasteiger partial charge in [-0.2, -0.15) is 4.31 Å². The van der Waals surface area contributed by atoms with Crippen molar-refractivity contribution in [2.24, 2.45) is 0 Å². The van der Waals surface area contributed by atoms with Crippen LogP contribution in [0.15, 0.2) is 53.4 Å². The van der Waals surface area contributed by atoms with Crippen LogP contribution < -0.4 is 0 Å². The number of rotatable bonds is 4. The number of carbonyl (C=O) groups is 1. The second kappa shape index (κ2) is 7.09. The number of benzene rings is 2. The van der Waals surface area contributed by atoms with Crippen LogP contribution in [-0.2, 0) is 16.4 Å². The molecule has 0 bridgehead atoms. The molecule has 1 fully saturated rings. The van der Waals surface area contributed by atoms with Crippen LogP contribution in [0.3, 0.4) is 0 Å². The van der Waals surface area contributed by atoms with Crippen LogP contribution >= 0.6 is 0 Å². The van der Waals surface area contributed by atoms with E-state index >= 15 is 0 Å². The highest BCUT2D eigenvalue weighted by molar-refractivity contribution is 7.89. The lowest BCUT2D eigenvalue weighted by Gasteiger charge is -2.26. The Hall–Kier alpha value is -2.18. The number of carbonyl (C=O) groups excluding carboxylic acids is 1. The van der Waals surface area contributed by atoms with E-state index in [0.29, 0.717) is 18.7 Å². The second-order valence-electron chi connectivity index (χ2n) is 7.31. The van der Waals surface area contributed by atoms with Crippen LogP contribution in [0.25, 0.3) is 0 Å². The van der Waals surface area contributed by atoms with Gasteiger partial charge in [0.25, 0.3) is 5.91 Å². The fourth-order valence-electron chi connectivity index (χ4n) is 4.15. The molecule has 0 unspecified atom stereocenters. The summed E-state index contributed by atoms with van der Waals surface area (Å²) in [5.74, 6) is -0.143. The number of aryl methyl sites for hydroxylation is 1. The van der Waals surface area contributed by atoms with Crippen molar-refractivity contribution in [3.63, 3.8) is 0 Å². The largest absolute Gasteiger partial charge is 0.335 e. The normalized spacial score (nSPS) is 19.8. The predicted molar refractivity (Wildman–Crippen MR) is 104 cm³/mol. The molecule has 4 rings (SSSR count). The molecular formula is C21H24N2O3S. The van der Waals surface area contributed by atoms with E-state index in [0.717, 1.165) is 25.7 Å². The topological polar surface area (TPSA) is 57.7 Å². The lowest BCUT2D eigenvalue weighted by molar-refractivity contribution is 0.0730. The Morgan fingerprint density at radius 3 is 2.59 bits per heavy atom. The van der Waals surface area contributed by atoms with E-state index in [9.17, 15) is 13.2 Å². The maximum absolute atomic E-state index is 13.1. The summed E-state index contributed by atoms with van der Waals surface area (Å²) in [7, 11) is -1.72. The number of amides is 1. The molecule has 1 heterocycles. The third-order valence-electron chi connectivity index (χ3n) is 5.67. The highest BCUT2D eigenvalue weighted by Crippen LogP contribution is 2.35. The Balaban J connectivity index is 1.60. The van der Waals surface area contributed by atoms with Crippen molar-refractivity contribution in [3.8, 4) is 0 Å². The van der Waals surface area contributed by atoms with Gasteiger partial charge in [0.15, 0.2) is 0 Å². The van der Waals surface area contributed by atoms with Crippen molar-refractivity contribution in [2.45, 2.75) is 36.6 Å². The van der Waals surface area contributed by atoms with Crippen molar-refractivity contribution in [3.05, 3.63) is 65.2 Å². The van der Waals surface area contributed by atoms with E-state index in [1.54, 1.807) is 30.1 Å². The summed E-state index contributed by atoms with van der Waals surface area (Å²) < 4.78 is 27.1. The molecule has 2 aromatic rings. The smallest absolute Gasteiger partial charge is 0.254 e. The van der Waals surface area contributed by atoms with Gasteiger partial charge in [-0.15, -0.1) is 0 Å². The first-order chi connectivity index (χ1) is 13.0. The average Bonchev–Trinajstić information content (AvgIpc) is 3.37. The molecule has 5 nitrogen and oxygen atoms in total. The van der Waals surface area contributed by atoms with Gasteiger partial charge in [-0.3, -0.25) is 4.79 Å². The van der Waals surface area contributed by atoms with Crippen molar-refractivity contribution in [1.82, 2.24) is 9.21 Å². The molecule has 6 heteroatoms. The molecule has 1 aliphatic carbocycles. The lowest BCUT2D eigenvalue weighted by Crippen LogP contribution is -2.31. The zero-order valence-electron chi connectivity index (χ0n) is 15.5. The predicted octanol–water partition coefficient (Wildman–Crippen LogP) is 3.23. The van der Waals surface area contributed by atoms with Crippen LogP contribution in [0.1, 0.15) is 46.8 Å². The summed E-state index contributed by atoms with van der Waals surface area (Å²) in [6.07, 6.45) is 3.64. The minimum atomic E-state index is -3.53. The zero-order valence-corrected chi connectivity index (χ0v) is 16.3. The molecule has 1 amide bonds. The van der Waals surface area contributed by atoms with E-state index in [1.807, 2.05) is 12.1 Å². The number of hydrogen-bond acceptors (Lipinski definition) is 3. The maximum Gasteiger partial charge on any atom is 0.254 e.